The highest BCUT2D eigenvalue weighted by atomic mass is 16.4. The average molecular weight is 224 g/mol. The van der Waals surface area contributed by atoms with Crippen molar-refractivity contribution in [3.05, 3.63) is 0 Å². The predicted molar refractivity (Wildman–Crippen MR) is 60.8 cm³/mol. The van der Waals surface area contributed by atoms with Crippen LogP contribution in [0.4, 0.5) is 0 Å². The Morgan fingerprint density at radius 2 is 2.00 bits per heavy atom. The molecule has 0 heterocycles. The van der Waals surface area contributed by atoms with Crippen molar-refractivity contribution in [1.82, 2.24) is 5.32 Å². The van der Waals surface area contributed by atoms with Gasteiger partial charge in [0, 0.05) is 12.5 Å². The number of hydrogen-bond acceptors (Lipinski definition) is 3. The number of carbonyl (C=O) groups is 1. The summed E-state index contributed by atoms with van der Waals surface area (Å²) in [7, 11) is 0. The molecule has 1 fully saturated rings. The highest BCUT2D eigenvalue weighted by Crippen LogP contribution is 2.24. The minimum atomic E-state index is -0.646. The zero-order valence-electron chi connectivity index (χ0n) is 9.61. The van der Waals surface area contributed by atoms with Gasteiger partial charge in [-0.25, -0.2) is 0 Å². The summed E-state index contributed by atoms with van der Waals surface area (Å²) < 4.78 is 0. The summed E-state index contributed by atoms with van der Waals surface area (Å²) in [6.45, 7) is 0.948. The van der Waals surface area contributed by atoms with E-state index in [0.29, 0.717) is 12.5 Å². The fraction of sp³-hybridized carbons (Fsp3) is 0.833. The third-order valence-electron chi connectivity index (χ3n) is 3.22. The van der Waals surface area contributed by atoms with Crippen LogP contribution in [-0.4, -0.2) is 23.7 Å². The Labute approximate surface area is 96.6 Å². The van der Waals surface area contributed by atoms with Gasteiger partial charge in [0.2, 0.25) is 0 Å². The fourth-order valence-corrected chi connectivity index (χ4v) is 2.18. The zero-order valence-corrected chi connectivity index (χ0v) is 9.61. The van der Waals surface area contributed by atoms with Crippen LogP contribution in [0.3, 0.4) is 0 Å². The first-order valence-corrected chi connectivity index (χ1v) is 6.07. The number of nitriles is 1. The van der Waals surface area contributed by atoms with Gasteiger partial charge in [-0.1, -0.05) is 0 Å². The third kappa shape index (κ3) is 4.63. The number of unbranched alkanes of at least 4 members (excludes halogenated alkanes) is 2. The minimum Gasteiger partial charge on any atom is -0.481 e. The number of hydrogen-bond donors (Lipinski definition) is 2. The number of carboxylic acid groups (broad SMARTS) is 1. The lowest BCUT2D eigenvalue weighted by atomic mass is 9.86. The van der Waals surface area contributed by atoms with E-state index < -0.39 is 5.97 Å². The number of nitrogens with one attached hydrogen (secondary N) is 1. The summed E-state index contributed by atoms with van der Waals surface area (Å²) in [4.78, 5) is 10.7. The van der Waals surface area contributed by atoms with Gasteiger partial charge in [-0.2, -0.15) is 5.26 Å². The Morgan fingerprint density at radius 1 is 1.31 bits per heavy atom. The van der Waals surface area contributed by atoms with E-state index in [1.165, 1.54) is 0 Å². The zero-order chi connectivity index (χ0) is 11.8. The molecule has 0 aromatic rings. The smallest absolute Gasteiger partial charge is 0.306 e. The Balaban J connectivity index is 2.04. The number of rotatable bonds is 6. The van der Waals surface area contributed by atoms with Crippen molar-refractivity contribution in [2.45, 2.75) is 51.0 Å². The lowest BCUT2D eigenvalue weighted by Gasteiger charge is -2.26. The van der Waals surface area contributed by atoms with E-state index in [-0.39, 0.29) is 5.92 Å². The molecular weight excluding hydrogens is 204 g/mol. The molecule has 0 unspecified atom stereocenters. The molecule has 2 N–H and O–H groups in total. The lowest BCUT2D eigenvalue weighted by molar-refractivity contribution is -0.142. The summed E-state index contributed by atoms with van der Waals surface area (Å²) >= 11 is 0. The maximum atomic E-state index is 10.7. The summed E-state index contributed by atoms with van der Waals surface area (Å²) in [5.74, 6) is -0.774. The van der Waals surface area contributed by atoms with E-state index in [1.54, 1.807) is 0 Å². The van der Waals surface area contributed by atoms with Crippen LogP contribution in [0.2, 0.25) is 0 Å². The van der Waals surface area contributed by atoms with E-state index in [1.807, 2.05) is 0 Å². The second kappa shape index (κ2) is 7.24. The SMILES string of the molecule is N#CCCCCNC1CCC(C(=O)O)CC1. The largest absolute Gasteiger partial charge is 0.481 e. The third-order valence-corrected chi connectivity index (χ3v) is 3.22. The highest BCUT2D eigenvalue weighted by molar-refractivity contribution is 5.70. The van der Waals surface area contributed by atoms with E-state index >= 15 is 0 Å². The van der Waals surface area contributed by atoms with E-state index in [9.17, 15) is 4.79 Å². The Bertz CT molecular complexity index is 252. The molecule has 90 valence electrons. The maximum absolute atomic E-state index is 10.7. The quantitative estimate of drug-likeness (QED) is 0.676. The van der Waals surface area contributed by atoms with Crippen molar-refractivity contribution < 1.29 is 9.90 Å². The molecule has 0 aromatic carbocycles. The minimum absolute atomic E-state index is 0.128. The van der Waals surface area contributed by atoms with Gasteiger partial charge >= 0.3 is 5.97 Å². The van der Waals surface area contributed by atoms with E-state index in [0.717, 1.165) is 45.1 Å². The van der Waals surface area contributed by atoms with Gasteiger partial charge in [0.05, 0.1) is 12.0 Å². The van der Waals surface area contributed by atoms with Crippen LogP contribution in [0.5, 0.6) is 0 Å². The van der Waals surface area contributed by atoms with Crippen LogP contribution in [0, 0.1) is 17.2 Å². The molecule has 1 saturated carbocycles. The first-order chi connectivity index (χ1) is 7.74. The second-order valence-corrected chi connectivity index (χ2v) is 4.46. The Hall–Kier alpha value is -1.08. The number of carboxylic acids is 1. The Kier molecular flexibility index (Phi) is 5.87. The monoisotopic (exact) mass is 224 g/mol. The molecule has 0 aromatic heterocycles. The standard InChI is InChI=1S/C12H20N2O2/c13-8-2-1-3-9-14-11-6-4-10(5-7-11)12(15)16/h10-11,14H,1-7,9H2,(H,15,16). The molecule has 0 atom stereocenters. The second-order valence-electron chi connectivity index (χ2n) is 4.46. The van der Waals surface area contributed by atoms with Crippen molar-refractivity contribution in [1.29, 1.82) is 5.26 Å². The Morgan fingerprint density at radius 3 is 2.56 bits per heavy atom. The molecule has 0 radical (unpaired) electrons. The van der Waals surface area contributed by atoms with Crippen LogP contribution >= 0.6 is 0 Å². The average Bonchev–Trinajstić information content (AvgIpc) is 2.29. The maximum Gasteiger partial charge on any atom is 0.306 e. The van der Waals surface area contributed by atoms with Crippen molar-refractivity contribution in [3.63, 3.8) is 0 Å². The van der Waals surface area contributed by atoms with Crippen molar-refractivity contribution >= 4 is 5.97 Å². The molecule has 1 aliphatic rings. The molecule has 4 heteroatoms. The molecule has 0 aliphatic heterocycles. The fourth-order valence-electron chi connectivity index (χ4n) is 2.18. The number of aliphatic carboxylic acids is 1. The summed E-state index contributed by atoms with van der Waals surface area (Å²) in [5.41, 5.74) is 0. The topological polar surface area (TPSA) is 73.1 Å². The first kappa shape index (κ1) is 13.0. The van der Waals surface area contributed by atoms with Crippen LogP contribution in [0.15, 0.2) is 0 Å². The van der Waals surface area contributed by atoms with Gasteiger partial charge in [-0.3, -0.25) is 4.79 Å². The molecule has 0 bridgehead atoms. The van der Waals surface area contributed by atoms with Crippen LogP contribution < -0.4 is 5.32 Å². The van der Waals surface area contributed by atoms with Gasteiger partial charge in [-0.05, 0) is 45.1 Å². The van der Waals surface area contributed by atoms with E-state index in [2.05, 4.69) is 11.4 Å². The summed E-state index contributed by atoms with van der Waals surface area (Å²) in [6.07, 6.45) is 6.15. The summed E-state index contributed by atoms with van der Waals surface area (Å²) in [6, 6.07) is 2.62. The molecule has 0 amide bonds. The molecular formula is C12H20N2O2. The summed E-state index contributed by atoms with van der Waals surface area (Å²) in [5, 5.41) is 20.7. The van der Waals surface area contributed by atoms with Crippen molar-refractivity contribution in [3.8, 4) is 6.07 Å². The lowest BCUT2D eigenvalue weighted by Crippen LogP contribution is -2.35. The normalized spacial score (nSPS) is 24.9. The van der Waals surface area contributed by atoms with E-state index in [4.69, 9.17) is 10.4 Å². The van der Waals surface area contributed by atoms with Crippen molar-refractivity contribution in [2.75, 3.05) is 6.54 Å². The van der Waals surface area contributed by atoms with Gasteiger partial charge in [0.15, 0.2) is 0 Å². The van der Waals surface area contributed by atoms with Gasteiger partial charge in [0.25, 0.3) is 0 Å². The van der Waals surface area contributed by atoms with Crippen LogP contribution in [0.25, 0.3) is 0 Å². The van der Waals surface area contributed by atoms with Gasteiger partial charge < -0.3 is 10.4 Å². The van der Waals surface area contributed by atoms with Gasteiger partial charge in [0.1, 0.15) is 0 Å². The number of nitrogens with zero attached hydrogens (tertiary/aromatic N) is 1. The molecule has 0 spiro atoms. The predicted octanol–water partition coefficient (Wildman–Crippen LogP) is 1.91. The van der Waals surface area contributed by atoms with Crippen LogP contribution in [-0.2, 0) is 4.79 Å². The molecule has 4 nitrogen and oxygen atoms in total. The molecule has 0 saturated heterocycles. The first-order valence-electron chi connectivity index (χ1n) is 6.07. The van der Waals surface area contributed by atoms with Crippen LogP contribution in [0.1, 0.15) is 44.9 Å². The van der Waals surface area contributed by atoms with Gasteiger partial charge in [-0.15, -0.1) is 0 Å². The molecule has 1 rings (SSSR count). The highest BCUT2D eigenvalue weighted by Gasteiger charge is 2.25. The molecule has 16 heavy (non-hydrogen) atoms. The van der Waals surface area contributed by atoms with Crippen molar-refractivity contribution in [2.24, 2.45) is 5.92 Å². The molecule has 1 aliphatic carbocycles.